The normalized spacial score (nSPS) is 13.6. The number of esters is 1. The molecule has 92 valence electrons. The second-order valence-electron chi connectivity index (χ2n) is 4.46. The summed E-state index contributed by atoms with van der Waals surface area (Å²) in [5, 5.41) is 0. The molecule has 0 aliphatic rings. The maximum absolute atomic E-state index is 10.9. The van der Waals surface area contributed by atoms with Crippen LogP contribution < -0.4 is 0 Å². The predicted molar refractivity (Wildman–Crippen MR) is 70.5 cm³/mol. The molecule has 0 saturated carbocycles. The van der Waals surface area contributed by atoms with Crippen LogP contribution in [0, 0.1) is 5.92 Å². The Bertz CT molecular complexity index is 391. The minimum Gasteiger partial charge on any atom is -0.459 e. The van der Waals surface area contributed by atoms with Gasteiger partial charge in [0.25, 0.3) is 0 Å². The van der Waals surface area contributed by atoms with Gasteiger partial charge in [-0.2, -0.15) is 0 Å². The molecule has 0 spiro atoms. The lowest BCUT2D eigenvalue weighted by atomic mass is 9.94. The largest absolute Gasteiger partial charge is 0.459 e. The zero-order chi connectivity index (χ0) is 12.8. The first-order valence-electron chi connectivity index (χ1n) is 5.95. The quantitative estimate of drug-likeness (QED) is 0.740. The summed E-state index contributed by atoms with van der Waals surface area (Å²) in [4.78, 5) is 10.9. The van der Waals surface area contributed by atoms with Crippen LogP contribution in [0.1, 0.15) is 33.3 Å². The van der Waals surface area contributed by atoms with E-state index in [0.29, 0.717) is 5.92 Å². The van der Waals surface area contributed by atoms with Crippen molar-refractivity contribution in [1.29, 1.82) is 0 Å². The highest BCUT2D eigenvalue weighted by Gasteiger charge is 2.09. The Hall–Kier alpha value is -1.57. The van der Waals surface area contributed by atoms with E-state index in [4.69, 9.17) is 4.74 Å². The molecule has 0 N–H and O–H groups in total. The van der Waals surface area contributed by atoms with E-state index in [9.17, 15) is 4.79 Å². The van der Waals surface area contributed by atoms with Gasteiger partial charge in [-0.3, -0.25) is 4.79 Å². The van der Waals surface area contributed by atoms with E-state index in [2.05, 4.69) is 26.0 Å². The topological polar surface area (TPSA) is 26.3 Å². The minimum atomic E-state index is -0.245. The summed E-state index contributed by atoms with van der Waals surface area (Å²) < 4.78 is 5.14. The molecule has 2 heteroatoms. The number of carbonyl (C=O) groups excluding carboxylic acids is 1. The zero-order valence-electron chi connectivity index (χ0n) is 10.9. The number of ether oxygens (including phenoxy) is 1. The van der Waals surface area contributed by atoms with Gasteiger partial charge in [0, 0.05) is 6.92 Å². The standard InChI is InChI=1S/C15H20O2/c1-11(2)15(10-12(3)17-13(4)16)14-8-6-5-7-9-14/h5-12H,1-4H3/b15-10+/t12-/m1/s1. The van der Waals surface area contributed by atoms with Crippen LogP contribution in [0.5, 0.6) is 0 Å². The van der Waals surface area contributed by atoms with Gasteiger partial charge in [-0.05, 0) is 30.1 Å². The Kier molecular flexibility index (Phi) is 4.95. The third-order valence-electron chi connectivity index (χ3n) is 2.50. The molecule has 0 unspecified atom stereocenters. The average molecular weight is 232 g/mol. The lowest BCUT2D eigenvalue weighted by Gasteiger charge is -2.15. The summed E-state index contributed by atoms with van der Waals surface area (Å²) in [7, 11) is 0. The molecule has 17 heavy (non-hydrogen) atoms. The van der Waals surface area contributed by atoms with Crippen molar-refractivity contribution in [2.75, 3.05) is 0 Å². The molecule has 1 atom stereocenters. The smallest absolute Gasteiger partial charge is 0.303 e. The summed E-state index contributed by atoms with van der Waals surface area (Å²) in [5.74, 6) is 0.153. The second-order valence-corrected chi connectivity index (χ2v) is 4.46. The molecule has 0 bridgehead atoms. The predicted octanol–water partition coefficient (Wildman–Crippen LogP) is 3.68. The van der Waals surface area contributed by atoms with E-state index in [1.54, 1.807) is 0 Å². The number of hydrogen-bond donors (Lipinski definition) is 0. The summed E-state index contributed by atoms with van der Waals surface area (Å²) in [6, 6.07) is 10.2. The minimum absolute atomic E-state index is 0.190. The lowest BCUT2D eigenvalue weighted by molar-refractivity contribution is -0.143. The van der Waals surface area contributed by atoms with Gasteiger partial charge in [-0.1, -0.05) is 44.2 Å². The van der Waals surface area contributed by atoms with Gasteiger partial charge in [-0.15, -0.1) is 0 Å². The maximum Gasteiger partial charge on any atom is 0.303 e. The van der Waals surface area contributed by atoms with E-state index in [1.807, 2.05) is 31.2 Å². The van der Waals surface area contributed by atoms with Crippen molar-refractivity contribution in [3.05, 3.63) is 42.0 Å². The highest BCUT2D eigenvalue weighted by Crippen LogP contribution is 2.23. The Labute approximate surface area is 103 Å². The third-order valence-corrected chi connectivity index (χ3v) is 2.50. The Morgan fingerprint density at radius 2 is 1.76 bits per heavy atom. The number of hydrogen-bond acceptors (Lipinski definition) is 2. The lowest BCUT2D eigenvalue weighted by Crippen LogP contribution is -2.10. The number of rotatable bonds is 4. The van der Waals surface area contributed by atoms with Crippen LogP contribution in [0.15, 0.2) is 36.4 Å². The monoisotopic (exact) mass is 232 g/mol. The zero-order valence-corrected chi connectivity index (χ0v) is 10.9. The first-order valence-corrected chi connectivity index (χ1v) is 5.95. The van der Waals surface area contributed by atoms with Crippen LogP contribution in [0.2, 0.25) is 0 Å². The molecule has 2 nitrogen and oxygen atoms in total. The molecule has 0 aliphatic heterocycles. The van der Waals surface area contributed by atoms with Crippen LogP contribution in [0.25, 0.3) is 5.57 Å². The molecule has 0 saturated heterocycles. The van der Waals surface area contributed by atoms with Crippen molar-refractivity contribution >= 4 is 11.5 Å². The van der Waals surface area contributed by atoms with Crippen LogP contribution in [0.4, 0.5) is 0 Å². The van der Waals surface area contributed by atoms with Crippen molar-refractivity contribution < 1.29 is 9.53 Å². The number of allylic oxidation sites excluding steroid dienone is 1. The van der Waals surface area contributed by atoms with Crippen LogP contribution in [0.3, 0.4) is 0 Å². The van der Waals surface area contributed by atoms with Gasteiger partial charge in [-0.25, -0.2) is 0 Å². The van der Waals surface area contributed by atoms with Crippen molar-refractivity contribution in [3.63, 3.8) is 0 Å². The van der Waals surface area contributed by atoms with Crippen LogP contribution in [-0.4, -0.2) is 12.1 Å². The van der Waals surface area contributed by atoms with Gasteiger partial charge in [0.1, 0.15) is 6.10 Å². The van der Waals surface area contributed by atoms with Gasteiger partial charge in [0.15, 0.2) is 0 Å². The summed E-state index contributed by atoms with van der Waals surface area (Å²) in [6.07, 6.45) is 1.83. The maximum atomic E-state index is 10.9. The van der Waals surface area contributed by atoms with Gasteiger partial charge in [0.2, 0.25) is 0 Å². The van der Waals surface area contributed by atoms with Crippen molar-refractivity contribution in [1.82, 2.24) is 0 Å². The Balaban J connectivity index is 2.94. The fourth-order valence-electron chi connectivity index (χ4n) is 1.80. The molecular formula is C15H20O2. The number of carbonyl (C=O) groups is 1. The van der Waals surface area contributed by atoms with Crippen molar-refractivity contribution in [2.45, 2.75) is 33.8 Å². The summed E-state index contributed by atoms with van der Waals surface area (Å²) >= 11 is 0. The van der Waals surface area contributed by atoms with Gasteiger partial charge >= 0.3 is 5.97 Å². The number of benzene rings is 1. The Morgan fingerprint density at radius 1 is 1.18 bits per heavy atom. The first kappa shape index (κ1) is 13.5. The summed E-state index contributed by atoms with van der Waals surface area (Å²) in [5.41, 5.74) is 2.39. The summed E-state index contributed by atoms with van der Waals surface area (Å²) in [6.45, 7) is 7.59. The molecule has 1 aromatic carbocycles. The SMILES string of the molecule is CC(=O)O[C@H](C)/C=C(/c1ccccc1)C(C)C. The average Bonchev–Trinajstić information content (AvgIpc) is 2.25. The molecule has 0 radical (unpaired) electrons. The molecule has 1 aromatic rings. The molecule has 1 rings (SSSR count). The second kappa shape index (κ2) is 6.24. The molecule has 0 aromatic heterocycles. The Morgan fingerprint density at radius 3 is 2.24 bits per heavy atom. The van der Waals surface area contributed by atoms with E-state index < -0.39 is 0 Å². The highest BCUT2D eigenvalue weighted by molar-refractivity contribution is 5.69. The fourth-order valence-corrected chi connectivity index (χ4v) is 1.80. The molecule has 0 heterocycles. The van der Waals surface area contributed by atoms with E-state index >= 15 is 0 Å². The fraction of sp³-hybridized carbons (Fsp3) is 0.400. The highest BCUT2D eigenvalue weighted by atomic mass is 16.5. The molecule has 0 fully saturated rings. The van der Waals surface area contributed by atoms with E-state index in [1.165, 1.54) is 18.1 Å². The van der Waals surface area contributed by atoms with Crippen LogP contribution >= 0.6 is 0 Å². The molecule has 0 amide bonds. The molecule has 0 aliphatic carbocycles. The molecular weight excluding hydrogens is 212 g/mol. The van der Waals surface area contributed by atoms with Gasteiger partial charge < -0.3 is 4.74 Å². The van der Waals surface area contributed by atoms with Gasteiger partial charge in [0.05, 0.1) is 0 Å². The third kappa shape index (κ3) is 4.43. The van der Waals surface area contributed by atoms with E-state index in [-0.39, 0.29) is 12.1 Å². The van der Waals surface area contributed by atoms with Crippen LogP contribution in [-0.2, 0) is 9.53 Å². The van der Waals surface area contributed by atoms with Crippen molar-refractivity contribution in [2.24, 2.45) is 5.92 Å². The first-order chi connectivity index (χ1) is 8.00. The van der Waals surface area contributed by atoms with E-state index in [0.717, 1.165) is 0 Å². The van der Waals surface area contributed by atoms with Crippen molar-refractivity contribution in [3.8, 4) is 0 Å².